The number of carbonyl (C=O) groups is 2. The van der Waals surface area contributed by atoms with E-state index in [1.807, 2.05) is 82.1 Å². The molecule has 0 N–H and O–H groups in total. The Morgan fingerprint density at radius 3 is 2.27 bits per heavy atom. The molecule has 2 amide bonds. The zero-order chi connectivity index (χ0) is 20.9. The van der Waals surface area contributed by atoms with Gasteiger partial charge in [0.15, 0.2) is 0 Å². The molecular weight excluding hydrogens is 374 g/mol. The number of carbonyl (C=O) groups excluding carboxylic acids is 2. The fourth-order valence-corrected chi connectivity index (χ4v) is 3.97. The molecule has 1 saturated heterocycles. The van der Waals surface area contributed by atoms with E-state index in [-0.39, 0.29) is 11.8 Å². The average Bonchev–Trinajstić information content (AvgIpc) is 3.07. The topological polar surface area (TPSA) is 45.6 Å². The third kappa shape index (κ3) is 4.46. The lowest BCUT2D eigenvalue weighted by atomic mass is 10.1. The predicted molar refractivity (Wildman–Crippen MR) is 118 cm³/mol. The molecule has 1 aliphatic heterocycles. The van der Waals surface area contributed by atoms with Gasteiger partial charge in [0.2, 0.25) is 0 Å². The van der Waals surface area contributed by atoms with Crippen LogP contribution in [0, 0.1) is 6.92 Å². The first kappa shape index (κ1) is 20.0. The van der Waals surface area contributed by atoms with Crippen LogP contribution in [0.2, 0.25) is 0 Å². The molecule has 5 nitrogen and oxygen atoms in total. The summed E-state index contributed by atoms with van der Waals surface area (Å²) in [6, 6.07) is 21.6. The maximum atomic E-state index is 13.2. The highest BCUT2D eigenvalue weighted by Crippen LogP contribution is 2.15. The van der Waals surface area contributed by atoms with Gasteiger partial charge < -0.3 is 14.4 Å². The van der Waals surface area contributed by atoms with Gasteiger partial charge in [-0.25, -0.2) is 0 Å². The molecule has 1 aromatic heterocycles. The van der Waals surface area contributed by atoms with Crippen LogP contribution in [0.15, 0.2) is 72.9 Å². The number of nitrogens with zero attached hydrogens (tertiary/aromatic N) is 3. The van der Waals surface area contributed by atoms with Crippen molar-refractivity contribution in [2.45, 2.75) is 19.9 Å². The van der Waals surface area contributed by atoms with Crippen LogP contribution >= 0.6 is 0 Å². The Morgan fingerprint density at radius 1 is 0.800 bits per heavy atom. The summed E-state index contributed by atoms with van der Waals surface area (Å²) < 4.78 is 2.00. The van der Waals surface area contributed by atoms with E-state index in [1.165, 1.54) is 0 Å². The molecule has 5 heteroatoms. The number of amides is 2. The lowest BCUT2D eigenvalue weighted by molar-refractivity contribution is 0.0713. The van der Waals surface area contributed by atoms with E-state index in [1.54, 1.807) is 0 Å². The first-order valence-corrected chi connectivity index (χ1v) is 10.5. The number of benzene rings is 2. The molecule has 0 aliphatic carbocycles. The fraction of sp³-hybridized carbons (Fsp3) is 0.280. The first-order valence-electron chi connectivity index (χ1n) is 10.5. The third-order valence-electron chi connectivity index (χ3n) is 5.58. The Morgan fingerprint density at radius 2 is 1.53 bits per heavy atom. The standard InChI is InChI=1S/C25H27N3O2/c1-20-8-5-11-22(18-20)24(29)26-14-7-15-27(17-16-26)25(30)23-12-6-13-28(23)19-21-9-3-2-4-10-21/h2-6,8-13,18H,7,14-17,19H2,1H3. The van der Waals surface area contributed by atoms with Crippen LogP contribution in [0.25, 0.3) is 0 Å². The second kappa shape index (κ2) is 8.99. The number of aromatic nitrogens is 1. The molecule has 3 aromatic rings. The minimum absolute atomic E-state index is 0.0285. The molecular formula is C25H27N3O2. The highest BCUT2D eigenvalue weighted by molar-refractivity contribution is 5.95. The van der Waals surface area contributed by atoms with Crippen LogP contribution in [0.4, 0.5) is 0 Å². The van der Waals surface area contributed by atoms with Crippen LogP contribution in [0.5, 0.6) is 0 Å². The molecule has 4 rings (SSSR count). The minimum Gasteiger partial charge on any atom is -0.339 e. The molecule has 0 radical (unpaired) electrons. The van der Waals surface area contributed by atoms with Crippen molar-refractivity contribution in [2.75, 3.05) is 26.2 Å². The van der Waals surface area contributed by atoms with E-state index in [2.05, 4.69) is 12.1 Å². The van der Waals surface area contributed by atoms with Crippen LogP contribution < -0.4 is 0 Å². The van der Waals surface area contributed by atoms with Gasteiger partial charge in [-0.05, 0) is 43.2 Å². The molecule has 2 aromatic carbocycles. The van der Waals surface area contributed by atoms with Crippen molar-refractivity contribution in [3.63, 3.8) is 0 Å². The summed E-state index contributed by atoms with van der Waals surface area (Å²) >= 11 is 0. The quantitative estimate of drug-likeness (QED) is 0.667. The molecule has 1 fully saturated rings. The Balaban J connectivity index is 1.43. The summed E-state index contributed by atoms with van der Waals surface area (Å²) in [6.45, 7) is 5.09. The van der Waals surface area contributed by atoms with Crippen molar-refractivity contribution in [1.82, 2.24) is 14.4 Å². The number of rotatable bonds is 4. The molecule has 2 heterocycles. The van der Waals surface area contributed by atoms with Crippen LogP contribution in [-0.4, -0.2) is 52.4 Å². The van der Waals surface area contributed by atoms with Gasteiger partial charge in [-0.15, -0.1) is 0 Å². The Labute approximate surface area is 177 Å². The summed E-state index contributed by atoms with van der Waals surface area (Å²) in [5.74, 6) is 0.0706. The van der Waals surface area contributed by atoms with Gasteiger partial charge in [-0.2, -0.15) is 0 Å². The van der Waals surface area contributed by atoms with E-state index in [9.17, 15) is 9.59 Å². The molecule has 0 bridgehead atoms. The molecule has 0 unspecified atom stereocenters. The second-order valence-electron chi connectivity index (χ2n) is 7.81. The molecule has 1 aliphatic rings. The normalized spacial score (nSPS) is 14.4. The average molecular weight is 402 g/mol. The molecule has 0 spiro atoms. The molecule has 154 valence electrons. The zero-order valence-corrected chi connectivity index (χ0v) is 17.3. The number of hydrogen-bond donors (Lipinski definition) is 0. The Hall–Kier alpha value is -3.34. The fourth-order valence-electron chi connectivity index (χ4n) is 3.97. The minimum atomic E-state index is 0.0285. The van der Waals surface area contributed by atoms with Gasteiger partial charge in [-0.3, -0.25) is 9.59 Å². The SMILES string of the molecule is Cc1cccc(C(=O)N2CCCN(C(=O)c3cccn3Cc3ccccc3)CC2)c1. The number of aryl methyl sites for hydroxylation is 1. The van der Waals surface area contributed by atoms with E-state index in [0.717, 1.165) is 17.5 Å². The van der Waals surface area contributed by atoms with E-state index >= 15 is 0 Å². The summed E-state index contributed by atoms with van der Waals surface area (Å²) in [7, 11) is 0. The van der Waals surface area contributed by atoms with E-state index in [0.29, 0.717) is 44.0 Å². The van der Waals surface area contributed by atoms with Crippen molar-refractivity contribution in [3.05, 3.63) is 95.3 Å². The van der Waals surface area contributed by atoms with Gasteiger partial charge >= 0.3 is 0 Å². The Bertz CT molecular complexity index is 1030. The van der Waals surface area contributed by atoms with E-state index < -0.39 is 0 Å². The highest BCUT2D eigenvalue weighted by Gasteiger charge is 2.25. The highest BCUT2D eigenvalue weighted by atomic mass is 16.2. The monoisotopic (exact) mass is 401 g/mol. The van der Waals surface area contributed by atoms with Crippen LogP contribution in [-0.2, 0) is 6.54 Å². The van der Waals surface area contributed by atoms with Gasteiger partial charge in [0.1, 0.15) is 5.69 Å². The van der Waals surface area contributed by atoms with Crippen molar-refractivity contribution >= 4 is 11.8 Å². The maximum absolute atomic E-state index is 13.2. The number of hydrogen-bond acceptors (Lipinski definition) is 2. The van der Waals surface area contributed by atoms with E-state index in [4.69, 9.17) is 0 Å². The van der Waals surface area contributed by atoms with Crippen molar-refractivity contribution in [3.8, 4) is 0 Å². The van der Waals surface area contributed by atoms with Crippen molar-refractivity contribution < 1.29 is 9.59 Å². The van der Waals surface area contributed by atoms with Crippen molar-refractivity contribution in [1.29, 1.82) is 0 Å². The largest absolute Gasteiger partial charge is 0.339 e. The maximum Gasteiger partial charge on any atom is 0.270 e. The zero-order valence-electron chi connectivity index (χ0n) is 17.3. The lowest BCUT2D eigenvalue weighted by Crippen LogP contribution is -2.38. The molecule has 30 heavy (non-hydrogen) atoms. The second-order valence-corrected chi connectivity index (χ2v) is 7.81. The molecule has 0 atom stereocenters. The summed E-state index contributed by atoms with van der Waals surface area (Å²) in [5, 5.41) is 0. The third-order valence-corrected chi connectivity index (χ3v) is 5.58. The predicted octanol–water partition coefficient (Wildman–Crippen LogP) is 3.83. The van der Waals surface area contributed by atoms with Crippen LogP contribution in [0.3, 0.4) is 0 Å². The summed E-state index contributed by atoms with van der Waals surface area (Å²) in [5.41, 5.74) is 3.64. The van der Waals surface area contributed by atoms with Gasteiger partial charge in [0.25, 0.3) is 11.8 Å². The van der Waals surface area contributed by atoms with Crippen LogP contribution in [0.1, 0.15) is 38.4 Å². The molecule has 0 saturated carbocycles. The summed E-state index contributed by atoms with van der Waals surface area (Å²) in [6.07, 6.45) is 2.73. The Kier molecular flexibility index (Phi) is 5.98. The van der Waals surface area contributed by atoms with Gasteiger partial charge in [-0.1, -0.05) is 48.0 Å². The van der Waals surface area contributed by atoms with Gasteiger partial charge in [0, 0.05) is 44.5 Å². The van der Waals surface area contributed by atoms with Gasteiger partial charge in [0.05, 0.1) is 0 Å². The summed E-state index contributed by atoms with van der Waals surface area (Å²) in [4.78, 5) is 29.8. The lowest BCUT2D eigenvalue weighted by Gasteiger charge is -2.23. The smallest absolute Gasteiger partial charge is 0.270 e. The first-order chi connectivity index (χ1) is 14.6. The van der Waals surface area contributed by atoms with Crippen molar-refractivity contribution in [2.24, 2.45) is 0 Å².